The first kappa shape index (κ1) is 32.4. The Morgan fingerprint density at radius 1 is 1.08 bits per heavy atom. The Bertz CT molecular complexity index is 1960. The number of imide groups is 1. The normalized spacial score (nSPS) is 18.3. The van der Waals surface area contributed by atoms with E-state index in [1.165, 1.54) is 5.56 Å². The van der Waals surface area contributed by atoms with Gasteiger partial charge in [-0.05, 0) is 78.6 Å². The molecule has 7 rings (SSSR count). The molecule has 4 amide bonds. The summed E-state index contributed by atoms with van der Waals surface area (Å²) < 4.78 is 7.73. The van der Waals surface area contributed by atoms with Gasteiger partial charge in [-0.1, -0.05) is 41.9 Å². The first-order valence-electron chi connectivity index (χ1n) is 16.4. The van der Waals surface area contributed by atoms with Crippen molar-refractivity contribution < 1.29 is 29.0 Å². The van der Waals surface area contributed by atoms with Crippen LogP contribution in [-0.2, 0) is 20.9 Å². The molecule has 3 heterocycles. The number of nitrogens with zero attached hydrogens (tertiary/aromatic N) is 5. The molecule has 12 heteroatoms. The number of anilines is 2. The Balaban J connectivity index is 1.04. The number of carbonyl (C=O) groups is 4. The van der Waals surface area contributed by atoms with E-state index in [-0.39, 0.29) is 24.8 Å². The van der Waals surface area contributed by atoms with Crippen molar-refractivity contribution in [1.29, 1.82) is 0 Å². The number of aromatic nitrogens is 2. The van der Waals surface area contributed by atoms with Crippen molar-refractivity contribution in [2.24, 2.45) is 5.92 Å². The number of benzene rings is 3. The summed E-state index contributed by atoms with van der Waals surface area (Å²) in [4.78, 5) is 54.6. The van der Waals surface area contributed by atoms with Crippen LogP contribution in [-0.4, -0.2) is 69.8 Å². The van der Waals surface area contributed by atoms with Crippen molar-refractivity contribution in [2.45, 2.75) is 45.1 Å². The van der Waals surface area contributed by atoms with Crippen molar-refractivity contribution in [1.82, 2.24) is 14.7 Å². The molecule has 1 aliphatic carbocycles. The number of hydrogen-bond donors (Lipinski definition) is 1. The molecule has 4 aromatic rings. The number of aliphatic carboxylic acids is 1. The van der Waals surface area contributed by atoms with Crippen LogP contribution in [0.3, 0.4) is 0 Å². The summed E-state index contributed by atoms with van der Waals surface area (Å²) in [5.41, 5.74) is 6.26. The van der Waals surface area contributed by atoms with Crippen LogP contribution in [0.15, 0.2) is 73.1 Å². The molecule has 1 aromatic heterocycles. The van der Waals surface area contributed by atoms with E-state index in [1.54, 1.807) is 18.2 Å². The number of rotatable bonds is 11. The summed E-state index contributed by atoms with van der Waals surface area (Å²) >= 11 is 6.21. The summed E-state index contributed by atoms with van der Waals surface area (Å²) in [6.45, 7) is 3.07. The Labute approximate surface area is 288 Å². The number of carboxylic acids is 1. The van der Waals surface area contributed by atoms with Gasteiger partial charge in [0.05, 0.1) is 25.0 Å². The van der Waals surface area contributed by atoms with Crippen molar-refractivity contribution in [3.05, 3.63) is 94.8 Å². The molecule has 0 spiro atoms. The fraction of sp³-hybridized carbons (Fsp3) is 0.324. The van der Waals surface area contributed by atoms with E-state index in [2.05, 4.69) is 11.2 Å². The van der Waals surface area contributed by atoms with Crippen molar-refractivity contribution in [3.63, 3.8) is 0 Å². The second kappa shape index (κ2) is 13.4. The van der Waals surface area contributed by atoms with Gasteiger partial charge >= 0.3 is 12.0 Å². The summed E-state index contributed by atoms with van der Waals surface area (Å²) in [7, 11) is 0. The Morgan fingerprint density at radius 2 is 1.90 bits per heavy atom. The van der Waals surface area contributed by atoms with Crippen LogP contribution in [0, 0.1) is 12.8 Å². The lowest BCUT2D eigenvalue weighted by Gasteiger charge is -2.33. The van der Waals surface area contributed by atoms with Gasteiger partial charge in [0.1, 0.15) is 12.3 Å². The molecular weight excluding hydrogens is 646 g/mol. The van der Waals surface area contributed by atoms with E-state index >= 15 is 0 Å². The zero-order valence-corrected chi connectivity index (χ0v) is 27.8. The quantitative estimate of drug-likeness (QED) is 0.189. The standard InChI is InChI=1S/C37H36ClN5O6/c1-23-30(38)9-4-11-32(23)49-15-5-12-33(44)42-21-25-17-29(25)36-28(8-3-10-31(36)42)26-18-39-41(20-26)19-24-6-2-7-27(16-24)43-34(45)13-14-40(37(43)48)22-35(46)47/h2-4,6-11,16,18,20,25,29H,5,12-15,17,19,21-22H2,1H3,(H,46,47)/t25-,29-/m0/s1. The predicted octanol–water partition coefficient (Wildman–Crippen LogP) is 6.11. The molecule has 11 nitrogen and oxygen atoms in total. The lowest BCUT2D eigenvalue weighted by Crippen LogP contribution is -2.53. The van der Waals surface area contributed by atoms with Crippen LogP contribution in [0.25, 0.3) is 11.1 Å². The summed E-state index contributed by atoms with van der Waals surface area (Å²) in [5, 5.41) is 14.5. The highest BCUT2D eigenvalue weighted by atomic mass is 35.5. The number of fused-ring (bicyclic) bond motifs is 3. The highest BCUT2D eigenvalue weighted by Crippen LogP contribution is 2.57. The number of urea groups is 1. The van der Waals surface area contributed by atoms with Gasteiger partial charge in [-0.25, -0.2) is 9.69 Å². The molecule has 1 saturated carbocycles. The van der Waals surface area contributed by atoms with Crippen LogP contribution < -0.4 is 14.5 Å². The lowest BCUT2D eigenvalue weighted by molar-refractivity contribution is -0.138. The van der Waals surface area contributed by atoms with Crippen molar-refractivity contribution in [3.8, 4) is 16.9 Å². The number of halogens is 1. The predicted molar refractivity (Wildman–Crippen MR) is 184 cm³/mol. The van der Waals surface area contributed by atoms with E-state index in [0.717, 1.165) is 56.5 Å². The van der Waals surface area contributed by atoms with Gasteiger partial charge in [0.2, 0.25) is 11.8 Å². The fourth-order valence-corrected chi connectivity index (χ4v) is 7.07. The Hall–Kier alpha value is -5.16. The van der Waals surface area contributed by atoms with Gasteiger partial charge < -0.3 is 19.6 Å². The van der Waals surface area contributed by atoms with Gasteiger partial charge in [0.15, 0.2) is 0 Å². The van der Waals surface area contributed by atoms with E-state index in [4.69, 9.17) is 16.3 Å². The zero-order valence-electron chi connectivity index (χ0n) is 27.0. The minimum absolute atomic E-state index is 0.0517. The van der Waals surface area contributed by atoms with Crippen LogP contribution in [0.2, 0.25) is 5.02 Å². The fourth-order valence-electron chi connectivity index (χ4n) is 6.91. The molecule has 1 saturated heterocycles. The number of hydrogen-bond acceptors (Lipinski definition) is 6. The zero-order chi connectivity index (χ0) is 34.2. The average Bonchev–Trinajstić information content (AvgIpc) is 3.73. The third-order valence-electron chi connectivity index (χ3n) is 9.49. The molecule has 49 heavy (non-hydrogen) atoms. The van der Waals surface area contributed by atoms with E-state index in [1.807, 2.05) is 65.3 Å². The lowest BCUT2D eigenvalue weighted by atomic mass is 9.92. The number of amides is 4. The average molecular weight is 682 g/mol. The van der Waals surface area contributed by atoms with Crippen LogP contribution >= 0.6 is 11.6 Å². The Morgan fingerprint density at radius 3 is 2.73 bits per heavy atom. The van der Waals surface area contributed by atoms with Gasteiger partial charge in [0.25, 0.3) is 0 Å². The molecule has 3 aromatic carbocycles. The minimum Gasteiger partial charge on any atom is -0.493 e. The maximum absolute atomic E-state index is 13.5. The minimum atomic E-state index is -1.13. The largest absolute Gasteiger partial charge is 0.493 e. The third-order valence-corrected chi connectivity index (χ3v) is 9.90. The van der Waals surface area contributed by atoms with Crippen molar-refractivity contribution >= 4 is 46.8 Å². The molecule has 0 unspecified atom stereocenters. The number of carbonyl (C=O) groups excluding carboxylic acids is 3. The summed E-state index contributed by atoms with van der Waals surface area (Å²) in [6, 6.07) is 18.1. The van der Waals surface area contributed by atoms with Crippen molar-refractivity contribution in [2.75, 3.05) is 36.0 Å². The number of ether oxygens (including phenoxy) is 1. The highest BCUT2D eigenvalue weighted by molar-refractivity contribution is 6.31. The second-order valence-electron chi connectivity index (χ2n) is 12.8. The summed E-state index contributed by atoms with van der Waals surface area (Å²) in [5.74, 6) is 0.164. The van der Waals surface area contributed by atoms with Gasteiger partial charge in [0, 0.05) is 54.0 Å². The van der Waals surface area contributed by atoms with E-state index < -0.39 is 18.5 Å². The summed E-state index contributed by atoms with van der Waals surface area (Å²) in [6.07, 6.45) is 5.87. The van der Waals surface area contributed by atoms with Gasteiger partial charge in [-0.2, -0.15) is 5.10 Å². The third kappa shape index (κ3) is 6.63. The molecule has 252 valence electrons. The topological polar surface area (TPSA) is 125 Å². The first-order valence-corrected chi connectivity index (χ1v) is 16.8. The first-order chi connectivity index (χ1) is 23.7. The van der Waals surface area contributed by atoms with Crippen LogP contribution in [0.5, 0.6) is 5.75 Å². The molecule has 2 aliphatic heterocycles. The van der Waals surface area contributed by atoms with Gasteiger partial charge in [-0.15, -0.1) is 0 Å². The highest BCUT2D eigenvalue weighted by Gasteiger charge is 2.47. The van der Waals surface area contributed by atoms with Gasteiger partial charge in [-0.3, -0.25) is 19.1 Å². The smallest absolute Gasteiger partial charge is 0.331 e. The number of carboxylic acid groups (broad SMARTS) is 1. The molecule has 1 N–H and O–H groups in total. The molecule has 2 fully saturated rings. The molecule has 2 atom stereocenters. The SMILES string of the molecule is Cc1c(Cl)cccc1OCCCC(=O)N1C[C@@H]2C[C@@H]2c2c(-c3cnn(Cc4cccc(N5C(=O)CCN(CC(=O)O)C5=O)c4)c3)cccc21. The maximum Gasteiger partial charge on any atom is 0.331 e. The van der Waals surface area contributed by atoms with Crippen LogP contribution in [0.4, 0.5) is 16.2 Å². The van der Waals surface area contributed by atoms with E-state index in [9.17, 15) is 24.3 Å². The van der Waals surface area contributed by atoms with E-state index in [0.29, 0.717) is 48.5 Å². The van der Waals surface area contributed by atoms with Crippen LogP contribution in [0.1, 0.15) is 48.3 Å². The molecule has 0 bridgehead atoms. The monoisotopic (exact) mass is 681 g/mol. The molecule has 3 aliphatic rings. The second-order valence-corrected chi connectivity index (χ2v) is 13.2. The molecular formula is C37H36ClN5O6. The molecule has 0 radical (unpaired) electrons. The Kier molecular flexibility index (Phi) is 8.85. The maximum atomic E-state index is 13.5.